The summed E-state index contributed by atoms with van der Waals surface area (Å²) in [6, 6.07) is 1.17. The average molecular weight is 213 g/mol. The molecule has 0 aromatic carbocycles. The van der Waals surface area contributed by atoms with Gasteiger partial charge in [-0.05, 0) is 0 Å². The van der Waals surface area contributed by atoms with Gasteiger partial charge in [0.2, 0.25) is 0 Å². The van der Waals surface area contributed by atoms with Crippen LogP contribution in [0.25, 0.3) is 0 Å². The molecule has 0 fully saturated rings. The van der Waals surface area contributed by atoms with Crippen LogP contribution >= 0.6 is 0 Å². The fourth-order valence-electron chi connectivity index (χ4n) is 0.921. The molecule has 1 rings (SSSR count). The van der Waals surface area contributed by atoms with Crippen LogP contribution in [0.15, 0.2) is 16.7 Å². The minimum absolute atomic E-state index is 0.0245. The molecule has 1 heterocycles. The SMILES string of the molecule is COCCNC(=O)c1cc(C(=O)O)co1. The number of carboxylic acids is 1. The molecule has 0 aliphatic heterocycles. The Balaban J connectivity index is 2.54. The molecule has 6 heteroatoms. The molecular weight excluding hydrogens is 202 g/mol. The van der Waals surface area contributed by atoms with E-state index in [1.807, 2.05) is 0 Å². The average Bonchev–Trinajstić information content (AvgIpc) is 2.66. The molecule has 2 N–H and O–H groups in total. The zero-order valence-electron chi connectivity index (χ0n) is 8.15. The normalized spacial score (nSPS) is 9.93. The summed E-state index contributed by atoms with van der Waals surface area (Å²) >= 11 is 0. The molecule has 1 amide bonds. The number of amides is 1. The predicted octanol–water partition coefficient (Wildman–Crippen LogP) is 0.354. The number of aromatic carboxylic acids is 1. The third-order valence-corrected chi connectivity index (χ3v) is 1.66. The van der Waals surface area contributed by atoms with Gasteiger partial charge in [-0.3, -0.25) is 4.79 Å². The van der Waals surface area contributed by atoms with Crippen LogP contribution in [-0.2, 0) is 4.74 Å². The topological polar surface area (TPSA) is 88.8 Å². The molecule has 6 nitrogen and oxygen atoms in total. The molecule has 0 saturated heterocycles. The molecule has 0 saturated carbocycles. The Morgan fingerprint density at radius 1 is 1.60 bits per heavy atom. The second kappa shape index (κ2) is 5.16. The van der Waals surface area contributed by atoms with Gasteiger partial charge < -0.3 is 19.6 Å². The van der Waals surface area contributed by atoms with Crippen LogP contribution in [0.4, 0.5) is 0 Å². The summed E-state index contributed by atoms with van der Waals surface area (Å²) < 4.78 is 9.52. The van der Waals surface area contributed by atoms with Gasteiger partial charge in [0.25, 0.3) is 5.91 Å². The van der Waals surface area contributed by atoms with Crippen molar-refractivity contribution in [3.63, 3.8) is 0 Å². The van der Waals surface area contributed by atoms with E-state index in [-0.39, 0.29) is 11.3 Å². The van der Waals surface area contributed by atoms with Gasteiger partial charge in [0.05, 0.1) is 12.2 Å². The minimum Gasteiger partial charge on any atom is -0.478 e. The van der Waals surface area contributed by atoms with Crippen molar-refractivity contribution in [3.8, 4) is 0 Å². The fraction of sp³-hybridized carbons (Fsp3) is 0.333. The van der Waals surface area contributed by atoms with Crippen molar-refractivity contribution in [1.29, 1.82) is 0 Å². The number of nitrogens with one attached hydrogen (secondary N) is 1. The van der Waals surface area contributed by atoms with Crippen LogP contribution in [-0.4, -0.2) is 37.2 Å². The molecule has 1 aromatic heterocycles. The van der Waals surface area contributed by atoms with E-state index in [1.54, 1.807) is 0 Å². The van der Waals surface area contributed by atoms with E-state index in [0.29, 0.717) is 13.2 Å². The number of carbonyl (C=O) groups is 2. The van der Waals surface area contributed by atoms with Crippen LogP contribution in [0.3, 0.4) is 0 Å². The Labute approximate surface area is 85.8 Å². The van der Waals surface area contributed by atoms with Crippen molar-refractivity contribution in [1.82, 2.24) is 5.32 Å². The third kappa shape index (κ3) is 3.10. The Hall–Kier alpha value is -1.82. The van der Waals surface area contributed by atoms with E-state index >= 15 is 0 Å². The van der Waals surface area contributed by atoms with Gasteiger partial charge in [-0.15, -0.1) is 0 Å². The van der Waals surface area contributed by atoms with Crippen molar-refractivity contribution < 1.29 is 23.8 Å². The third-order valence-electron chi connectivity index (χ3n) is 1.66. The number of carboxylic acid groups (broad SMARTS) is 1. The number of methoxy groups -OCH3 is 1. The molecule has 0 spiro atoms. The number of ether oxygens (including phenoxy) is 1. The van der Waals surface area contributed by atoms with Gasteiger partial charge in [-0.2, -0.15) is 0 Å². The summed E-state index contributed by atoms with van der Waals surface area (Å²) in [7, 11) is 1.52. The molecule has 0 atom stereocenters. The van der Waals surface area contributed by atoms with Gasteiger partial charge in [-0.1, -0.05) is 0 Å². The smallest absolute Gasteiger partial charge is 0.338 e. The molecular formula is C9H11NO5. The number of hydrogen-bond acceptors (Lipinski definition) is 4. The Morgan fingerprint density at radius 2 is 2.33 bits per heavy atom. The van der Waals surface area contributed by atoms with E-state index in [1.165, 1.54) is 13.2 Å². The molecule has 0 unspecified atom stereocenters. The zero-order valence-corrected chi connectivity index (χ0v) is 8.15. The van der Waals surface area contributed by atoms with E-state index in [2.05, 4.69) is 5.32 Å². The highest BCUT2D eigenvalue weighted by atomic mass is 16.5. The summed E-state index contributed by atoms with van der Waals surface area (Å²) in [5, 5.41) is 11.1. The Bertz CT molecular complexity index is 357. The lowest BCUT2D eigenvalue weighted by molar-refractivity contribution is 0.0696. The van der Waals surface area contributed by atoms with Crippen molar-refractivity contribution >= 4 is 11.9 Å². The fourth-order valence-corrected chi connectivity index (χ4v) is 0.921. The highest BCUT2D eigenvalue weighted by Gasteiger charge is 2.13. The van der Waals surface area contributed by atoms with Crippen LogP contribution < -0.4 is 5.32 Å². The second-order valence-corrected chi connectivity index (χ2v) is 2.75. The molecule has 0 aliphatic carbocycles. The maximum Gasteiger partial charge on any atom is 0.338 e. The highest BCUT2D eigenvalue weighted by Crippen LogP contribution is 2.07. The maximum absolute atomic E-state index is 11.3. The number of carbonyl (C=O) groups excluding carboxylic acids is 1. The van der Waals surface area contributed by atoms with Crippen molar-refractivity contribution in [2.24, 2.45) is 0 Å². The van der Waals surface area contributed by atoms with Gasteiger partial charge in [0.1, 0.15) is 6.26 Å². The number of rotatable bonds is 5. The first-order valence-corrected chi connectivity index (χ1v) is 4.24. The quantitative estimate of drug-likeness (QED) is 0.689. The lowest BCUT2D eigenvalue weighted by atomic mass is 10.3. The first kappa shape index (κ1) is 11.3. The summed E-state index contributed by atoms with van der Waals surface area (Å²) in [6.07, 6.45) is 1.02. The molecule has 15 heavy (non-hydrogen) atoms. The Morgan fingerprint density at radius 3 is 2.87 bits per heavy atom. The summed E-state index contributed by atoms with van der Waals surface area (Å²) in [5.74, 6) is -1.61. The van der Waals surface area contributed by atoms with Crippen molar-refractivity contribution in [2.45, 2.75) is 0 Å². The van der Waals surface area contributed by atoms with Gasteiger partial charge in [-0.25, -0.2) is 4.79 Å². The molecule has 0 radical (unpaired) electrons. The minimum atomic E-state index is -1.13. The van der Waals surface area contributed by atoms with E-state index < -0.39 is 11.9 Å². The first-order valence-electron chi connectivity index (χ1n) is 4.24. The van der Waals surface area contributed by atoms with Crippen LogP contribution in [0.1, 0.15) is 20.9 Å². The van der Waals surface area contributed by atoms with Crippen molar-refractivity contribution in [2.75, 3.05) is 20.3 Å². The van der Waals surface area contributed by atoms with E-state index in [9.17, 15) is 9.59 Å². The lowest BCUT2D eigenvalue weighted by Gasteiger charge is -2.00. The summed E-state index contributed by atoms with van der Waals surface area (Å²) in [5.41, 5.74) is -0.0492. The first-order chi connectivity index (χ1) is 7.15. The maximum atomic E-state index is 11.3. The monoisotopic (exact) mass is 213 g/mol. The van der Waals surface area contributed by atoms with Crippen LogP contribution in [0.5, 0.6) is 0 Å². The summed E-state index contributed by atoms with van der Waals surface area (Å²) in [6.45, 7) is 0.733. The Kier molecular flexibility index (Phi) is 3.87. The molecule has 1 aromatic rings. The molecule has 82 valence electrons. The number of hydrogen-bond donors (Lipinski definition) is 2. The van der Waals surface area contributed by atoms with Gasteiger partial charge >= 0.3 is 5.97 Å². The number of furan rings is 1. The molecule has 0 aliphatic rings. The van der Waals surface area contributed by atoms with Crippen molar-refractivity contribution in [3.05, 3.63) is 23.7 Å². The van der Waals surface area contributed by atoms with Gasteiger partial charge in [0.15, 0.2) is 5.76 Å². The highest BCUT2D eigenvalue weighted by molar-refractivity contribution is 5.95. The summed E-state index contributed by atoms with van der Waals surface area (Å²) in [4.78, 5) is 21.8. The zero-order chi connectivity index (χ0) is 11.3. The van der Waals surface area contributed by atoms with Gasteiger partial charge in [0, 0.05) is 19.7 Å². The molecule has 0 bridgehead atoms. The predicted molar refractivity (Wildman–Crippen MR) is 49.9 cm³/mol. The second-order valence-electron chi connectivity index (χ2n) is 2.75. The lowest BCUT2D eigenvalue weighted by Crippen LogP contribution is -2.26. The standard InChI is InChI=1S/C9H11NO5/c1-14-3-2-10-8(11)7-4-6(5-15-7)9(12)13/h4-5H,2-3H2,1H3,(H,10,11)(H,12,13). The van der Waals surface area contributed by atoms with E-state index in [4.69, 9.17) is 14.3 Å². The van der Waals surface area contributed by atoms with E-state index in [0.717, 1.165) is 6.26 Å². The van der Waals surface area contributed by atoms with Crippen LogP contribution in [0.2, 0.25) is 0 Å². The largest absolute Gasteiger partial charge is 0.478 e. The van der Waals surface area contributed by atoms with Crippen LogP contribution in [0, 0.1) is 0 Å².